The molecular weight excluding hydrogens is 364 g/mol. The van der Waals surface area contributed by atoms with Crippen molar-refractivity contribution in [2.75, 3.05) is 13.2 Å². The summed E-state index contributed by atoms with van der Waals surface area (Å²) in [4.78, 5) is 0. The molecule has 0 saturated heterocycles. The second-order valence-corrected chi connectivity index (χ2v) is 7.09. The number of nitrogens with one attached hydrogen (secondary N) is 1. The maximum Gasteiger partial charge on any atom is 0.165 e. The second kappa shape index (κ2) is 9.45. The second-order valence-electron chi connectivity index (χ2n) is 7.09. The van der Waals surface area contributed by atoms with E-state index in [1.807, 2.05) is 48.5 Å². The molecule has 3 aromatic carbocycles. The number of hydrogen-bond donors (Lipinski definition) is 2. The van der Waals surface area contributed by atoms with E-state index < -0.39 is 0 Å². The minimum absolute atomic E-state index is 0.0461. The molecule has 0 radical (unpaired) electrons. The van der Waals surface area contributed by atoms with Crippen LogP contribution in [0.5, 0.6) is 17.2 Å². The van der Waals surface area contributed by atoms with E-state index in [1.165, 1.54) is 5.56 Å². The molecule has 3 N–H and O–H groups in total. The molecular formula is C24H26N2O3. The molecule has 4 rings (SSSR count). The van der Waals surface area contributed by atoms with Gasteiger partial charge in [0.1, 0.15) is 25.1 Å². The Labute approximate surface area is 171 Å². The molecule has 150 valence electrons. The number of hydrogen-bond acceptors (Lipinski definition) is 5. The van der Waals surface area contributed by atoms with Crippen molar-refractivity contribution in [1.29, 1.82) is 0 Å². The third kappa shape index (κ3) is 5.28. The smallest absolute Gasteiger partial charge is 0.165 e. The first-order valence-electron chi connectivity index (χ1n) is 9.89. The van der Waals surface area contributed by atoms with Gasteiger partial charge in [-0.25, -0.2) is 0 Å². The summed E-state index contributed by atoms with van der Waals surface area (Å²) in [6.45, 7) is 3.09. The maximum atomic E-state index is 6.12. The van der Waals surface area contributed by atoms with Crippen molar-refractivity contribution in [2.45, 2.75) is 25.8 Å². The number of fused-ring (bicyclic) bond motifs is 1. The maximum absolute atomic E-state index is 6.12. The summed E-state index contributed by atoms with van der Waals surface area (Å²) in [6, 6.07) is 24.1. The third-order valence-corrected chi connectivity index (χ3v) is 4.84. The van der Waals surface area contributed by atoms with E-state index in [2.05, 4.69) is 29.6 Å². The molecule has 29 heavy (non-hydrogen) atoms. The number of rotatable bonds is 8. The zero-order valence-electron chi connectivity index (χ0n) is 16.3. The van der Waals surface area contributed by atoms with Crippen LogP contribution in [-0.4, -0.2) is 19.3 Å². The van der Waals surface area contributed by atoms with Crippen LogP contribution in [0, 0.1) is 0 Å². The van der Waals surface area contributed by atoms with E-state index in [4.69, 9.17) is 19.9 Å². The van der Waals surface area contributed by atoms with Gasteiger partial charge in [-0.2, -0.15) is 0 Å². The van der Waals surface area contributed by atoms with E-state index in [1.54, 1.807) is 0 Å². The normalized spacial score (nSPS) is 15.1. The van der Waals surface area contributed by atoms with Gasteiger partial charge < -0.3 is 25.3 Å². The molecule has 0 saturated carbocycles. The summed E-state index contributed by atoms with van der Waals surface area (Å²) in [5.41, 5.74) is 9.13. The average Bonchev–Trinajstić information content (AvgIpc) is 2.78. The minimum Gasteiger partial charge on any atom is -0.489 e. The molecule has 0 amide bonds. The van der Waals surface area contributed by atoms with Gasteiger partial charge in [0.15, 0.2) is 11.5 Å². The first kappa shape index (κ1) is 19.3. The highest BCUT2D eigenvalue weighted by molar-refractivity contribution is 5.46. The van der Waals surface area contributed by atoms with Gasteiger partial charge >= 0.3 is 0 Å². The summed E-state index contributed by atoms with van der Waals surface area (Å²) in [5.74, 6) is 2.25. The molecule has 0 spiro atoms. The van der Waals surface area contributed by atoms with Gasteiger partial charge in [0.2, 0.25) is 0 Å². The van der Waals surface area contributed by atoms with Crippen LogP contribution >= 0.6 is 0 Å². The molecule has 0 aliphatic carbocycles. The molecule has 1 heterocycles. The summed E-state index contributed by atoms with van der Waals surface area (Å²) in [5, 5.41) is 3.43. The Bertz CT molecular complexity index is 913. The van der Waals surface area contributed by atoms with Crippen molar-refractivity contribution in [1.82, 2.24) is 5.32 Å². The van der Waals surface area contributed by atoms with Crippen LogP contribution in [0.25, 0.3) is 0 Å². The predicted molar refractivity (Wildman–Crippen MR) is 113 cm³/mol. The first-order valence-corrected chi connectivity index (χ1v) is 9.89. The highest BCUT2D eigenvalue weighted by Crippen LogP contribution is 2.35. The first-order chi connectivity index (χ1) is 14.3. The molecule has 1 atom stereocenters. The monoisotopic (exact) mass is 390 g/mol. The molecule has 5 nitrogen and oxygen atoms in total. The quantitative estimate of drug-likeness (QED) is 0.615. The van der Waals surface area contributed by atoms with E-state index in [-0.39, 0.29) is 6.10 Å². The van der Waals surface area contributed by atoms with Gasteiger partial charge in [-0.05, 0) is 28.8 Å². The molecule has 0 unspecified atom stereocenters. The lowest BCUT2D eigenvalue weighted by Gasteiger charge is -2.27. The van der Waals surface area contributed by atoms with Gasteiger partial charge in [-0.15, -0.1) is 0 Å². The fourth-order valence-electron chi connectivity index (χ4n) is 3.20. The van der Waals surface area contributed by atoms with Crippen LogP contribution in [0.3, 0.4) is 0 Å². The lowest BCUT2D eigenvalue weighted by atomic mass is 10.1. The van der Waals surface area contributed by atoms with Crippen LogP contribution in [0.15, 0.2) is 72.8 Å². The Morgan fingerprint density at radius 2 is 1.69 bits per heavy atom. The lowest BCUT2D eigenvalue weighted by molar-refractivity contribution is 0.0896. The van der Waals surface area contributed by atoms with Gasteiger partial charge in [-0.3, -0.25) is 0 Å². The summed E-state index contributed by atoms with van der Waals surface area (Å²) in [6.07, 6.45) is -0.0461. The van der Waals surface area contributed by atoms with Crippen LogP contribution in [0.4, 0.5) is 0 Å². The van der Waals surface area contributed by atoms with Crippen molar-refractivity contribution in [3.63, 3.8) is 0 Å². The Kier molecular flexibility index (Phi) is 6.29. The van der Waals surface area contributed by atoms with Crippen LogP contribution < -0.4 is 25.3 Å². The third-order valence-electron chi connectivity index (χ3n) is 4.84. The summed E-state index contributed by atoms with van der Waals surface area (Å²) >= 11 is 0. The van der Waals surface area contributed by atoms with E-state index in [9.17, 15) is 0 Å². The highest BCUT2D eigenvalue weighted by atomic mass is 16.6. The predicted octanol–water partition coefficient (Wildman–Crippen LogP) is 3.65. The Morgan fingerprint density at radius 1 is 0.897 bits per heavy atom. The van der Waals surface area contributed by atoms with Gasteiger partial charge in [0.25, 0.3) is 0 Å². The van der Waals surface area contributed by atoms with E-state index in [0.29, 0.717) is 26.3 Å². The van der Waals surface area contributed by atoms with Crippen LogP contribution in [0.2, 0.25) is 0 Å². The van der Waals surface area contributed by atoms with E-state index >= 15 is 0 Å². The largest absolute Gasteiger partial charge is 0.489 e. The highest BCUT2D eigenvalue weighted by Gasteiger charge is 2.21. The molecule has 0 bridgehead atoms. The van der Waals surface area contributed by atoms with E-state index in [0.717, 1.165) is 34.9 Å². The lowest BCUT2D eigenvalue weighted by Crippen LogP contribution is -2.38. The standard InChI is InChI=1S/C24H26N2O3/c25-13-18-6-8-19(9-7-18)14-26-15-22-17-28-23-11-10-21(12-24(23)29-22)27-16-20-4-2-1-3-5-20/h1-12,22,26H,13-17,25H2/t22-/m1/s1. The topological polar surface area (TPSA) is 65.7 Å². The summed E-state index contributed by atoms with van der Waals surface area (Å²) in [7, 11) is 0. The fraction of sp³-hybridized carbons (Fsp3) is 0.250. The molecule has 0 aromatic heterocycles. The van der Waals surface area contributed by atoms with Gasteiger partial charge in [-0.1, -0.05) is 54.6 Å². The number of nitrogens with two attached hydrogens (primary N) is 1. The molecule has 5 heteroatoms. The molecule has 0 fully saturated rings. The van der Waals surface area contributed by atoms with Gasteiger partial charge in [0.05, 0.1) is 0 Å². The van der Waals surface area contributed by atoms with Crippen molar-refractivity contribution >= 4 is 0 Å². The Balaban J connectivity index is 1.28. The minimum atomic E-state index is -0.0461. The molecule has 3 aromatic rings. The SMILES string of the molecule is NCc1ccc(CNC[C@@H]2COc3ccc(OCc4ccccc4)cc3O2)cc1. The van der Waals surface area contributed by atoms with Crippen LogP contribution in [0.1, 0.15) is 16.7 Å². The summed E-state index contributed by atoms with van der Waals surface area (Å²) < 4.78 is 17.9. The number of ether oxygens (including phenoxy) is 3. The Hall–Kier alpha value is -3.02. The zero-order valence-corrected chi connectivity index (χ0v) is 16.3. The average molecular weight is 390 g/mol. The number of benzene rings is 3. The van der Waals surface area contributed by atoms with Crippen molar-refractivity contribution in [3.05, 3.63) is 89.5 Å². The fourth-order valence-corrected chi connectivity index (χ4v) is 3.20. The van der Waals surface area contributed by atoms with Crippen LogP contribution in [-0.2, 0) is 19.7 Å². The van der Waals surface area contributed by atoms with Crippen molar-refractivity contribution < 1.29 is 14.2 Å². The van der Waals surface area contributed by atoms with Crippen molar-refractivity contribution in [3.8, 4) is 17.2 Å². The van der Waals surface area contributed by atoms with Gasteiger partial charge in [0, 0.05) is 25.7 Å². The Morgan fingerprint density at radius 3 is 2.48 bits per heavy atom. The molecule has 1 aliphatic rings. The molecule has 1 aliphatic heterocycles. The zero-order chi connectivity index (χ0) is 19.9. The van der Waals surface area contributed by atoms with Crippen molar-refractivity contribution in [2.24, 2.45) is 5.73 Å².